The maximum Gasteiger partial charge on any atom is 0.322 e. The Kier molecular flexibility index (Phi) is 3.81. The van der Waals surface area contributed by atoms with Crippen LogP contribution in [0.15, 0.2) is 10.6 Å². The van der Waals surface area contributed by atoms with E-state index < -0.39 is 18.4 Å². The van der Waals surface area contributed by atoms with Gasteiger partial charge in [0, 0.05) is 13.2 Å². The predicted octanol–water partition coefficient (Wildman–Crippen LogP) is -0.365. The van der Waals surface area contributed by atoms with Crippen molar-refractivity contribution in [1.29, 1.82) is 0 Å². The van der Waals surface area contributed by atoms with Crippen molar-refractivity contribution in [2.45, 2.75) is 6.61 Å². The van der Waals surface area contributed by atoms with Gasteiger partial charge in [-0.2, -0.15) is 0 Å². The molecule has 0 fully saturated rings. The average molecular weight is 214 g/mol. The number of aromatic nitrogens is 1. The maximum absolute atomic E-state index is 11.2. The van der Waals surface area contributed by atoms with E-state index in [9.17, 15) is 9.59 Å². The molecule has 0 aromatic carbocycles. The first kappa shape index (κ1) is 11.2. The summed E-state index contributed by atoms with van der Waals surface area (Å²) in [7, 11) is 1.48. The first-order chi connectivity index (χ1) is 7.13. The van der Waals surface area contributed by atoms with E-state index >= 15 is 0 Å². The second-order valence-corrected chi connectivity index (χ2v) is 2.69. The molecule has 15 heavy (non-hydrogen) atoms. The zero-order chi connectivity index (χ0) is 11.3. The molecule has 0 atom stereocenters. The minimum absolute atomic E-state index is 0.0308. The van der Waals surface area contributed by atoms with E-state index in [1.165, 1.54) is 13.2 Å². The van der Waals surface area contributed by atoms with Gasteiger partial charge in [-0.1, -0.05) is 5.16 Å². The molecule has 0 radical (unpaired) electrons. The van der Waals surface area contributed by atoms with Gasteiger partial charge in [0.15, 0.2) is 11.5 Å². The summed E-state index contributed by atoms with van der Waals surface area (Å²) in [6.07, 6.45) is 0. The molecule has 1 amide bonds. The lowest BCUT2D eigenvalue weighted by Gasteiger charge is -1.96. The average Bonchev–Trinajstić information content (AvgIpc) is 2.63. The molecule has 0 aliphatic rings. The number of carboxylic acid groups (broad SMARTS) is 1. The van der Waals surface area contributed by atoms with Crippen LogP contribution in [-0.2, 0) is 16.1 Å². The third kappa shape index (κ3) is 3.39. The molecule has 1 rings (SSSR count). The molecule has 0 spiro atoms. The van der Waals surface area contributed by atoms with Crippen LogP contribution in [-0.4, -0.2) is 35.8 Å². The summed E-state index contributed by atoms with van der Waals surface area (Å²) in [5.41, 5.74) is 0.0308. The molecule has 1 heterocycles. The van der Waals surface area contributed by atoms with Crippen molar-refractivity contribution >= 4 is 11.9 Å². The van der Waals surface area contributed by atoms with Gasteiger partial charge in [-0.25, -0.2) is 0 Å². The maximum atomic E-state index is 11.2. The van der Waals surface area contributed by atoms with Crippen molar-refractivity contribution < 1.29 is 24.0 Å². The minimum atomic E-state index is -1.12. The Labute approximate surface area is 85.0 Å². The molecular weight excluding hydrogens is 204 g/mol. The lowest BCUT2D eigenvalue weighted by atomic mass is 10.3. The zero-order valence-electron chi connectivity index (χ0n) is 8.02. The Bertz CT molecular complexity index is 360. The molecule has 0 saturated carbocycles. The van der Waals surface area contributed by atoms with Crippen molar-refractivity contribution in [1.82, 2.24) is 10.5 Å². The van der Waals surface area contributed by atoms with Gasteiger partial charge in [-0.3, -0.25) is 9.59 Å². The van der Waals surface area contributed by atoms with Gasteiger partial charge in [-0.05, 0) is 0 Å². The molecule has 0 bridgehead atoms. The van der Waals surface area contributed by atoms with Crippen molar-refractivity contribution in [2.75, 3.05) is 13.7 Å². The lowest BCUT2D eigenvalue weighted by molar-refractivity contribution is -0.135. The lowest BCUT2D eigenvalue weighted by Crippen LogP contribution is -2.29. The summed E-state index contributed by atoms with van der Waals surface area (Å²) in [5.74, 6) is -1.31. The summed E-state index contributed by atoms with van der Waals surface area (Å²) in [6, 6.07) is 1.39. The van der Waals surface area contributed by atoms with Gasteiger partial charge in [0.05, 0.1) is 0 Å². The second kappa shape index (κ2) is 5.11. The van der Waals surface area contributed by atoms with Crippen LogP contribution >= 0.6 is 0 Å². The van der Waals surface area contributed by atoms with Gasteiger partial charge in [0.2, 0.25) is 0 Å². The van der Waals surface area contributed by atoms with Crippen LogP contribution in [0.2, 0.25) is 0 Å². The predicted molar refractivity (Wildman–Crippen MR) is 47.2 cm³/mol. The molecule has 7 heteroatoms. The van der Waals surface area contributed by atoms with Gasteiger partial charge < -0.3 is 19.7 Å². The molecule has 1 aromatic rings. The second-order valence-electron chi connectivity index (χ2n) is 2.69. The fourth-order valence-electron chi connectivity index (χ4n) is 0.877. The molecule has 0 aliphatic heterocycles. The van der Waals surface area contributed by atoms with E-state index in [1.54, 1.807) is 0 Å². The van der Waals surface area contributed by atoms with E-state index in [0.29, 0.717) is 5.76 Å². The number of hydrogen-bond donors (Lipinski definition) is 2. The molecule has 7 nitrogen and oxygen atoms in total. The number of amides is 1. The highest BCUT2D eigenvalue weighted by atomic mass is 16.5. The molecule has 2 N–H and O–H groups in total. The molecule has 82 valence electrons. The molecule has 0 aliphatic carbocycles. The van der Waals surface area contributed by atoms with Gasteiger partial charge >= 0.3 is 5.97 Å². The summed E-state index contributed by atoms with van der Waals surface area (Å²) in [6.45, 7) is -0.246. The Balaban J connectivity index is 2.54. The van der Waals surface area contributed by atoms with Gasteiger partial charge in [-0.15, -0.1) is 0 Å². The van der Waals surface area contributed by atoms with E-state index in [-0.39, 0.29) is 12.3 Å². The van der Waals surface area contributed by atoms with E-state index in [1.807, 2.05) is 0 Å². The van der Waals surface area contributed by atoms with Crippen LogP contribution in [0.1, 0.15) is 16.2 Å². The third-order valence-electron chi connectivity index (χ3n) is 1.48. The van der Waals surface area contributed by atoms with Crippen molar-refractivity contribution in [3.8, 4) is 0 Å². The molecule has 1 aromatic heterocycles. The summed E-state index contributed by atoms with van der Waals surface area (Å²) >= 11 is 0. The Morgan fingerprint density at radius 3 is 3.00 bits per heavy atom. The standard InChI is InChI=1S/C8H10N2O5/c1-14-4-5-2-6(10-15-5)8(13)9-3-7(11)12/h2H,3-4H2,1H3,(H,9,13)(H,11,12). The molecular formula is C8H10N2O5. The van der Waals surface area contributed by atoms with Gasteiger partial charge in [0.25, 0.3) is 5.91 Å². The highest BCUT2D eigenvalue weighted by Crippen LogP contribution is 2.04. The Morgan fingerprint density at radius 2 is 2.40 bits per heavy atom. The first-order valence-corrected chi connectivity index (χ1v) is 4.08. The monoisotopic (exact) mass is 214 g/mol. The van der Waals surface area contributed by atoms with Crippen LogP contribution in [0.4, 0.5) is 0 Å². The topological polar surface area (TPSA) is 102 Å². The fourth-order valence-corrected chi connectivity index (χ4v) is 0.877. The minimum Gasteiger partial charge on any atom is -0.480 e. The highest BCUT2D eigenvalue weighted by Gasteiger charge is 2.12. The van der Waals surface area contributed by atoms with Crippen molar-refractivity contribution in [3.05, 3.63) is 17.5 Å². The number of carbonyl (C=O) groups is 2. The Hall–Kier alpha value is -1.89. The van der Waals surface area contributed by atoms with Crippen LogP contribution < -0.4 is 5.32 Å². The zero-order valence-corrected chi connectivity index (χ0v) is 8.02. The van der Waals surface area contributed by atoms with Crippen molar-refractivity contribution in [3.63, 3.8) is 0 Å². The van der Waals surface area contributed by atoms with Crippen LogP contribution in [0.5, 0.6) is 0 Å². The summed E-state index contributed by atoms with van der Waals surface area (Å²) < 4.78 is 9.51. The largest absolute Gasteiger partial charge is 0.480 e. The van der Waals surface area contributed by atoms with E-state index in [0.717, 1.165) is 0 Å². The number of carboxylic acids is 1. The number of rotatable bonds is 5. The van der Waals surface area contributed by atoms with Crippen LogP contribution in [0, 0.1) is 0 Å². The molecule has 0 unspecified atom stereocenters. The summed E-state index contributed by atoms with van der Waals surface area (Å²) in [5, 5.41) is 13.9. The number of aliphatic carboxylic acids is 1. The number of nitrogens with one attached hydrogen (secondary N) is 1. The number of ether oxygens (including phenoxy) is 1. The number of methoxy groups -OCH3 is 1. The van der Waals surface area contributed by atoms with Crippen LogP contribution in [0.3, 0.4) is 0 Å². The molecule has 0 saturated heterocycles. The third-order valence-corrected chi connectivity index (χ3v) is 1.48. The Morgan fingerprint density at radius 1 is 1.67 bits per heavy atom. The normalized spacial score (nSPS) is 9.93. The van der Waals surface area contributed by atoms with E-state index in [4.69, 9.17) is 14.4 Å². The highest BCUT2D eigenvalue weighted by molar-refractivity contribution is 5.93. The fraction of sp³-hybridized carbons (Fsp3) is 0.375. The summed E-state index contributed by atoms with van der Waals surface area (Å²) in [4.78, 5) is 21.4. The number of nitrogens with zero attached hydrogens (tertiary/aromatic N) is 1. The van der Waals surface area contributed by atoms with Gasteiger partial charge in [0.1, 0.15) is 13.2 Å². The number of hydrogen-bond acceptors (Lipinski definition) is 5. The smallest absolute Gasteiger partial charge is 0.322 e. The SMILES string of the molecule is COCc1cc(C(=O)NCC(=O)O)no1. The quantitative estimate of drug-likeness (QED) is 0.693. The first-order valence-electron chi connectivity index (χ1n) is 4.08. The van der Waals surface area contributed by atoms with E-state index in [2.05, 4.69) is 10.5 Å². The van der Waals surface area contributed by atoms with Crippen LogP contribution in [0.25, 0.3) is 0 Å². The van der Waals surface area contributed by atoms with Crippen molar-refractivity contribution in [2.24, 2.45) is 0 Å². The number of carbonyl (C=O) groups excluding carboxylic acids is 1.